The minimum atomic E-state index is -0.572. The van der Waals surface area contributed by atoms with Gasteiger partial charge in [-0.1, -0.05) is 30.3 Å². The maximum absolute atomic E-state index is 11.0. The fourth-order valence-corrected chi connectivity index (χ4v) is 1.24. The van der Waals surface area contributed by atoms with Crippen LogP contribution >= 0.6 is 0 Å². The number of nitrogens with two attached hydrogens (primary N) is 1. The number of amides is 1. The first-order chi connectivity index (χ1) is 7.77. The number of nitrogens with one attached hydrogen (secondary N) is 1. The third-order valence-corrected chi connectivity index (χ3v) is 2.00. The van der Waals surface area contributed by atoms with Gasteiger partial charge in [-0.2, -0.15) is 0 Å². The van der Waals surface area contributed by atoms with Crippen molar-refractivity contribution < 1.29 is 4.79 Å². The summed E-state index contributed by atoms with van der Waals surface area (Å²) in [6.07, 6.45) is 3.01. The molecule has 0 atom stereocenters. The zero-order valence-electron chi connectivity index (χ0n) is 8.42. The minimum absolute atomic E-state index is 0.215. The van der Waals surface area contributed by atoms with Crippen LogP contribution in [-0.2, 0) is 0 Å². The maximum Gasteiger partial charge on any atom is 0.269 e. The molecule has 5 heteroatoms. The molecular formula is C11H10N4O. The molecule has 0 fully saturated rings. The van der Waals surface area contributed by atoms with E-state index in [2.05, 4.69) is 15.0 Å². The Morgan fingerprint density at radius 2 is 2.12 bits per heavy atom. The number of imidazole rings is 1. The van der Waals surface area contributed by atoms with E-state index >= 15 is 0 Å². The molecule has 5 nitrogen and oxygen atoms in total. The molecule has 1 aromatic carbocycles. The summed E-state index contributed by atoms with van der Waals surface area (Å²) < 4.78 is 0. The van der Waals surface area contributed by atoms with Crippen LogP contribution in [-0.4, -0.2) is 22.1 Å². The van der Waals surface area contributed by atoms with Crippen LogP contribution in [0.15, 0.2) is 41.7 Å². The Labute approximate surface area is 92.0 Å². The van der Waals surface area contributed by atoms with Crippen molar-refractivity contribution in [2.45, 2.75) is 0 Å². The van der Waals surface area contributed by atoms with Gasteiger partial charge in [-0.15, -0.1) is 0 Å². The molecule has 0 saturated carbocycles. The van der Waals surface area contributed by atoms with E-state index in [1.807, 2.05) is 30.3 Å². The number of aromatic nitrogens is 2. The Bertz CT molecular complexity index is 516. The normalized spacial score (nSPS) is 10.8. The van der Waals surface area contributed by atoms with Crippen LogP contribution in [0.1, 0.15) is 16.1 Å². The number of hydrogen-bond donors (Lipinski definition) is 2. The highest BCUT2D eigenvalue weighted by molar-refractivity contribution is 5.96. The molecule has 0 aliphatic heterocycles. The van der Waals surface area contributed by atoms with E-state index in [9.17, 15) is 4.79 Å². The van der Waals surface area contributed by atoms with Gasteiger partial charge in [-0.05, 0) is 5.56 Å². The summed E-state index contributed by atoms with van der Waals surface area (Å²) >= 11 is 0. The predicted molar refractivity (Wildman–Crippen MR) is 60.8 cm³/mol. The molecule has 1 aromatic heterocycles. The Balaban J connectivity index is 2.24. The summed E-state index contributed by atoms with van der Waals surface area (Å²) in [5.41, 5.74) is 6.29. The highest BCUT2D eigenvalue weighted by Gasteiger charge is 2.08. The molecular weight excluding hydrogens is 204 g/mol. The van der Waals surface area contributed by atoms with Gasteiger partial charge in [0, 0.05) is 6.21 Å². The first-order valence-electron chi connectivity index (χ1n) is 4.69. The molecule has 1 amide bonds. The highest BCUT2D eigenvalue weighted by atomic mass is 16.1. The fourth-order valence-electron chi connectivity index (χ4n) is 1.24. The molecule has 0 aliphatic rings. The topological polar surface area (TPSA) is 84.1 Å². The van der Waals surface area contributed by atoms with Crippen molar-refractivity contribution in [3.63, 3.8) is 0 Å². The lowest BCUT2D eigenvalue weighted by Crippen LogP contribution is -2.11. The van der Waals surface area contributed by atoms with Crippen LogP contribution in [0.5, 0.6) is 0 Å². The van der Waals surface area contributed by atoms with Crippen molar-refractivity contribution in [1.82, 2.24) is 9.97 Å². The zero-order valence-corrected chi connectivity index (χ0v) is 8.42. The van der Waals surface area contributed by atoms with Gasteiger partial charge in [-0.25, -0.2) is 9.98 Å². The molecule has 0 bridgehead atoms. The Kier molecular flexibility index (Phi) is 2.77. The number of H-pyrrole nitrogens is 1. The summed E-state index contributed by atoms with van der Waals surface area (Å²) in [5, 5.41) is 0. The van der Waals surface area contributed by atoms with Crippen molar-refractivity contribution in [1.29, 1.82) is 0 Å². The minimum Gasteiger partial charge on any atom is -0.364 e. The summed E-state index contributed by atoms with van der Waals surface area (Å²) in [7, 11) is 0. The lowest BCUT2D eigenvalue weighted by Gasteiger charge is -1.92. The number of benzene rings is 1. The van der Waals surface area contributed by atoms with Gasteiger partial charge in [0.15, 0.2) is 11.5 Å². The fraction of sp³-hybridized carbons (Fsp3) is 0. The molecule has 1 heterocycles. The zero-order chi connectivity index (χ0) is 11.4. The number of carbonyl (C=O) groups is 1. The number of nitrogens with zero attached hydrogens (tertiary/aromatic N) is 2. The average Bonchev–Trinajstić information content (AvgIpc) is 2.76. The van der Waals surface area contributed by atoms with E-state index in [-0.39, 0.29) is 5.69 Å². The van der Waals surface area contributed by atoms with E-state index in [0.717, 1.165) is 5.56 Å². The maximum atomic E-state index is 11.0. The number of primary amides is 1. The Morgan fingerprint density at radius 3 is 2.81 bits per heavy atom. The lowest BCUT2D eigenvalue weighted by molar-refractivity contribution is 0.0997. The molecule has 0 unspecified atom stereocenters. The van der Waals surface area contributed by atoms with Crippen LogP contribution in [0.2, 0.25) is 0 Å². The second kappa shape index (κ2) is 4.39. The van der Waals surface area contributed by atoms with Gasteiger partial charge in [-0.3, -0.25) is 4.79 Å². The number of aromatic amines is 1. The molecule has 0 radical (unpaired) electrons. The van der Waals surface area contributed by atoms with E-state index in [0.29, 0.717) is 5.82 Å². The van der Waals surface area contributed by atoms with Crippen molar-refractivity contribution in [2.75, 3.05) is 0 Å². The Morgan fingerprint density at radius 1 is 1.38 bits per heavy atom. The lowest BCUT2D eigenvalue weighted by atomic mass is 10.2. The molecule has 16 heavy (non-hydrogen) atoms. The van der Waals surface area contributed by atoms with Crippen molar-refractivity contribution in [2.24, 2.45) is 10.7 Å². The average molecular weight is 214 g/mol. The van der Waals surface area contributed by atoms with Crippen LogP contribution in [0.3, 0.4) is 0 Å². The van der Waals surface area contributed by atoms with Crippen LogP contribution in [0.4, 0.5) is 5.82 Å². The third-order valence-electron chi connectivity index (χ3n) is 2.00. The monoisotopic (exact) mass is 214 g/mol. The molecule has 0 aliphatic carbocycles. The summed E-state index contributed by atoms with van der Waals surface area (Å²) in [6, 6.07) is 9.53. The largest absolute Gasteiger partial charge is 0.364 e. The van der Waals surface area contributed by atoms with Crippen molar-refractivity contribution >= 4 is 17.9 Å². The van der Waals surface area contributed by atoms with Gasteiger partial charge in [0.1, 0.15) is 0 Å². The van der Waals surface area contributed by atoms with Gasteiger partial charge < -0.3 is 10.7 Å². The molecule has 0 spiro atoms. The molecule has 2 rings (SSSR count). The second-order valence-corrected chi connectivity index (χ2v) is 3.13. The SMILES string of the molecule is NC(=O)c1[nH]cnc1/N=C/c1ccccc1. The van der Waals surface area contributed by atoms with Gasteiger partial charge in [0.25, 0.3) is 5.91 Å². The van der Waals surface area contributed by atoms with E-state index < -0.39 is 5.91 Å². The van der Waals surface area contributed by atoms with E-state index in [1.165, 1.54) is 6.33 Å². The number of carbonyl (C=O) groups excluding carboxylic acids is 1. The van der Waals surface area contributed by atoms with E-state index in [1.54, 1.807) is 6.21 Å². The van der Waals surface area contributed by atoms with Gasteiger partial charge >= 0.3 is 0 Å². The summed E-state index contributed by atoms with van der Waals surface area (Å²) in [5.74, 6) is -0.269. The highest BCUT2D eigenvalue weighted by Crippen LogP contribution is 2.12. The standard InChI is InChI=1S/C11H10N4O/c12-10(16)9-11(15-7-14-9)13-6-8-4-2-1-3-5-8/h1-7H,(H2,12,16)(H,14,15)/b13-6+. The second-order valence-electron chi connectivity index (χ2n) is 3.13. The first-order valence-corrected chi connectivity index (χ1v) is 4.69. The van der Waals surface area contributed by atoms with Crippen molar-refractivity contribution in [3.05, 3.63) is 47.9 Å². The summed E-state index contributed by atoms with van der Waals surface area (Å²) in [6.45, 7) is 0. The first kappa shape index (κ1) is 10.1. The molecule has 2 aromatic rings. The Hall–Kier alpha value is -2.43. The van der Waals surface area contributed by atoms with Crippen LogP contribution < -0.4 is 5.73 Å². The third kappa shape index (κ3) is 2.14. The number of rotatable bonds is 3. The summed E-state index contributed by atoms with van der Waals surface area (Å²) in [4.78, 5) is 21.6. The molecule has 0 saturated heterocycles. The quantitative estimate of drug-likeness (QED) is 0.754. The predicted octanol–water partition coefficient (Wildman–Crippen LogP) is 1.26. The van der Waals surface area contributed by atoms with E-state index in [4.69, 9.17) is 5.73 Å². The number of aliphatic imine (C=N–C) groups is 1. The molecule has 80 valence electrons. The number of hydrogen-bond acceptors (Lipinski definition) is 3. The van der Waals surface area contributed by atoms with Crippen LogP contribution in [0.25, 0.3) is 0 Å². The smallest absolute Gasteiger partial charge is 0.269 e. The van der Waals surface area contributed by atoms with Gasteiger partial charge in [0.2, 0.25) is 0 Å². The van der Waals surface area contributed by atoms with Crippen molar-refractivity contribution in [3.8, 4) is 0 Å². The molecule has 3 N–H and O–H groups in total. The van der Waals surface area contributed by atoms with Gasteiger partial charge in [0.05, 0.1) is 6.33 Å². The van der Waals surface area contributed by atoms with Crippen LogP contribution in [0, 0.1) is 0 Å².